The van der Waals surface area contributed by atoms with Gasteiger partial charge in [-0.3, -0.25) is 9.59 Å². The number of nitrogens with two attached hydrogens (primary N) is 1. The average Bonchev–Trinajstić information content (AvgIpc) is 3.17. The van der Waals surface area contributed by atoms with Crippen molar-refractivity contribution in [3.05, 3.63) is 95.0 Å². The average molecular weight is 1270 g/mol. The van der Waals surface area contributed by atoms with E-state index in [0.717, 1.165) is 80.2 Å². The fraction of sp³-hybridized carbons (Fsp3) is 0.483. The largest absolute Gasteiger partial charge is 0.486 e. The van der Waals surface area contributed by atoms with Gasteiger partial charge in [-0.15, -0.1) is 23.2 Å². The van der Waals surface area contributed by atoms with Gasteiger partial charge in [-0.1, -0.05) is 25.7 Å². The third-order valence-corrected chi connectivity index (χ3v) is 12.7. The number of alkyl halides is 2. The van der Waals surface area contributed by atoms with Crippen LogP contribution in [0.25, 0.3) is 50.3 Å². The highest BCUT2D eigenvalue weighted by molar-refractivity contribution is 6.18. The summed E-state index contributed by atoms with van der Waals surface area (Å²) < 4.78 is 42.8. The number of rotatable bonds is 38. The van der Waals surface area contributed by atoms with Crippen molar-refractivity contribution in [1.82, 2.24) is 20.3 Å². The number of benzene rings is 3. The smallest absolute Gasteiger partial charge is 0.407 e. The summed E-state index contributed by atoms with van der Waals surface area (Å²) >= 11 is 11.2. The van der Waals surface area contributed by atoms with Crippen molar-refractivity contribution < 1.29 is 76.5 Å². The van der Waals surface area contributed by atoms with E-state index in [0.29, 0.717) is 124 Å². The Labute approximate surface area is 521 Å². The quantitative estimate of drug-likeness (QED) is 0.00530. The molecule has 0 aliphatic rings. The molecule has 0 radical (unpaired) electrons. The number of alkyl carbamates (subject to hydrolysis) is 1. The Bertz CT molecular complexity index is 3150. The number of carbonyl (C=O) groups is 4. The number of carboxylic acids is 2. The summed E-state index contributed by atoms with van der Waals surface area (Å²) in [5.41, 5.74) is 10.1. The van der Waals surface area contributed by atoms with Gasteiger partial charge in [-0.25, -0.2) is 29.4 Å². The second-order valence-corrected chi connectivity index (χ2v) is 19.6. The number of aliphatic carboxylic acids is 2. The highest BCUT2D eigenvalue weighted by Crippen LogP contribution is 2.26. The number of aromatic nitrogens is 3. The molecule has 6 aromatic rings. The predicted molar refractivity (Wildman–Crippen MR) is 335 cm³/mol. The number of unbranched alkanes of at least 4 members (excludes halogenated alkanes) is 6. The number of aldehydes is 1. The molecule has 480 valence electrons. The number of carbonyl (C=O) groups excluding carboxylic acids is 2. The van der Waals surface area contributed by atoms with Crippen molar-refractivity contribution in [3.63, 3.8) is 0 Å². The number of anilines is 3. The Kier molecular flexibility index (Phi) is 37.6. The third-order valence-electron chi connectivity index (χ3n) is 12.2. The predicted octanol–water partition coefficient (Wildman–Crippen LogP) is 8.26. The molecule has 0 saturated carbocycles. The molecule has 3 heterocycles. The van der Waals surface area contributed by atoms with Crippen LogP contribution in [-0.2, 0) is 33.3 Å². The minimum atomic E-state index is -1.35. The lowest BCUT2D eigenvalue weighted by Crippen LogP contribution is -2.31. The maximum absolute atomic E-state index is 11.8. The summed E-state index contributed by atoms with van der Waals surface area (Å²) in [7, 11) is 5.53. The molecule has 0 fully saturated rings. The Hall–Kier alpha value is -7.89. The van der Waals surface area contributed by atoms with E-state index in [1.54, 1.807) is 42.5 Å². The zero-order valence-electron chi connectivity index (χ0n) is 49.9. The van der Waals surface area contributed by atoms with Crippen LogP contribution < -0.4 is 25.8 Å². The van der Waals surface area contributed by atoms with Gasteiger partial charge >= 0.3 is 18.0 Å². The molecule has 3 aromatic heterocycles. The molecule has 0 bridgehead atoms. The first-order chi connectivity index (χ1) is 42.6. The van der Waals surface area contributed by atoms with Crippen molar-refractivity contribution in [2.45, 2.75) is 51.4 Å². The summed E-state index contributed by atoms with van der Waals surface area (Å²) in [6, 6.07) is 17.6. The van der Waals surface area contributed by atoms with E-state index in [1.807, 2.05) is 54.0 Å². The zero-order valence-corrected chi connectivity index (χ0v) is 51.4. The maximum atomic E-state index is 11.8. The number of fused-ring (bicyclic) bond motifs is 3. The molecule has 1 amide bonds. The van der Waals surface area contributed by atoms with Crippen LogP contribution in [0.5, 0.6) is 0 Å². The van der Waals surface area contributed by atoms with Crippen LogP contribution in [-0.4, -0.2) is 198 Å². The van der Waals surface area contributed by atoms with Crippen molar-refractivity contribution >= 4 is 110 Å². The molecule has 0 aliphatic carbocycles. The Morgan fingerprint density at radius 2 is 1.06 bits per heavy atom. The number of hydrogen-bond acceptors (Lipinski definition) is 22. The number of nitrogens with one attached hydrogen (secondary N) is 1. The Balaban J connectivity index is 0.000000334. The second-order valence-electron chi connectivity index (χ2n) is 18.9. The number of hydrogen-bond donors (Lipinski definition) is 6. The summed E-state index contributed by atoms with van der Waals surface area (Å²) in [5, 5.41) is 47.0. The van der Waals surface area contributed by atoms with Gasteiger partial charge in [0.2, 0.25) is 18.1 Å². The van der Waals surface area contributed by atoms with Gasteiger partial charge in [-0.2, -0.15) is 5.26 Å². The van der Waals surface area contributed by atoms with Crippen molar-refractivity contribution in [2.24, 2.45) is 5.73 Å². The number of nitriles is 1. The molecule has 0 spiro atoms. The van der Waals surface area contributed by atoms with Crippen LogP contribution in [0.1, 0.15) is 73.8 Å². The van der Waals surface area contributed by atoms with Gasteiger partial charge in [0.15, 0.2) is 16.7 Å². The molecular weight excluding hydrogens is 1190 g/mol. The summed E-state index contributed by atoms with van der Waals surface area (Å²) in [6.07, 6.45) is 11.2. The lowest BCUT2D eigenvalue weighted by Gasteiger charge is -2.19. The monoisotopic (exact) mass is 1270 g/mol. The van der Waals surface area contributed by atoms with Gasteiger partial charge in [0, 0.05) is 120 Å². The first-order valence-electron chi connectivity index (χ1n) is 28.4. The van der Waals surface area contributed by atoms with Crippen molar-refractivity contribution in [3.8, 4) is 6.07 Å². The lowest BCUT2D eigenvalue weighted by molar-refractivity contribution is -0.133. The minimum absolute atomic E-state index is 0.0270. The molecule has 0 unspecified atom stereocenters. The molecule has 88 heavy (non-hydrogen) atoms. The summed E-state index contributed by atoms with van der Waals surface area (Å²) in [4.78, 5) is 64.9. The molecule has 0 atom stereocenters. The molecular formula is C60H80Cl2N10O16. The zero-order chi connectivity index (χ0) is 64.3. The maximum Gasteiger partial charge on any atom is 0.407 e. The number of aliphatic hydroxyl groups excluding tert-OH is 2. The first kappa shape index (κ1) is 74.4. The van der Waals surface area contributed by atoms with Crippen LogP contribution in [0.3, 0.4) is 0 Å². The fourth-order valence-electron chi connectivity index (χ4n) is 7.47. The van der Waals surface area contributed by atoms with E-state index >= 15 is 0 Å². The number of oxazole rings is 3. The number of nitrogens with zero attached hydrogens (tertiary/aromatic N) is 8. The summed E-state index contributed by atoms with van der Waals surface area (Å²) in [6.45, 7) is 14.3. The van der Waals surface area contributed by atoms with E-state index in [1.165, 1.54) is 12.8 Å². The van der Waals surface area contributed by atoms with Crippen molar-refractivity contribution in [2.75, 3.05) is 153 Å². The third kappa shape index (κ3) is 29.2. The van der Waals surface area contributed by atoms with Gasteiger partial charge in [0.25, 0.3) is 11.6 Å². The van der Waals surface area contributed by atoms with Gasteiger partial charge in [0.1, 0.15) is 34.8 Å². The molecule has 6 rings (SSSR count). The molecule has 0 aliphatic heterocycles. The van der Waals surface area contributed by atoms with E-state index < -0.39 is 29.3 Å². The van der Waals surface area contributed by atoms with E-state index in [2.05, 4.69) is 25.1 Å². The van der Waals surface area contributed by atoms with Crippen LogP contribution in [0, 0.1) is 17.9 Å². The van der Waals surface area contributed by atoms with E-state index in [9.17, 15) is 19.2 Å². The SMILES string of the molecule is CN(CCO)c1ccc2nc(C=O)oc2c1.CN(CCOC(=O)NCCOCCOCCCCCCCl)c1ccc2nc(/C=C(\C#N)C(=O)O)oc2c1.NCCOCCOCCCCCCCl.[C-]#[N+]/C(=C\c1nc2ccc(N(C)CCO)cc2o1)C(=O)O. The number of amides is 1. The van der Waals surface area contributed by atoms with Crippen LogP contribution in [0.4, 0.5) is 21.9 Å². The van der Waals surface area contributed by atoms with Crippen LogP contribution in [0.2, 0.25) is 0 Å². The van der Waals surface area contributed by atoms with E-state index in [-0.39, 0.29) is 37.5 Å². The van der Waals surface area contributed by atoms with Gasteiger partial charge in [0.05, 0.1) is 66.0 Å². The first-order valence-corrected chi connectivity index (χ1v) is 29.5. The number of ether oxygens (including phenoxy) is 5. The topological polar surface area (TPSA) is 349 Å². The molecule has 7 N–H and O–H groups in total. The standard InChI is InChI=1S/C25H33ClN4O7.C14H13N3O4.C11H12N2O3.C10H22ClNO2/c1-30(20-6-7-21-22(17-20)37-23(29-21)16-19(18-27)24(31)32)10-13-36-25(33)28-9-12-35-15-14-34-11-5-3-2-4-8-26;1-15-11(14(19)20)8-13-16-10-4-3-9(7-12(10)21-13)17(2)5-6-18;1-13(4-5-14)8-2-3-9-10(6-8)16-11(7-15)12-9;11-5-3-1-2-4-7-13-9-10-14-8-6-12/h6-7,16-17H,2-5,8-15H2,1H3,(H,28,33)(H,31,32);3-4,7-8,18H,5-6H2,2H3,(H,19,20);2-3,6-7,14H,4-5H2,1H3;1-10,12H2/b19-16+;11-8-;;. The number of carboxylic acid groups (broad SMARTS) is 2. The fourth-order valence-corrected chi connectivity index (χ4v) is 7.85. The Morgan fingerprint density at radius 3 is 1.48 bits per heavy atom. The van der Waals surface area contributed by atoms with Crippen LogP contribution >= 0.6 is 23.2 Å². The van der Waals surface area contributed by atoms with Crippen LogP contribution in [0.15, 0.2) is 79.1 Å². The Morgan fingerprint density at radius 1 is 0.625 bits per heavy atom. The highest BCUT2D eigenvalue weighted by Gasteiger charge is 2.15. The van der Waals surface area contributed by atoms with E-state index in [4.69, 9.17) is 98.1 Å². The van der Waals surface area contributed by atoms with Crippen molar-refractivity contribution in [1.29, 1.82) is 5.26 Å². The molecule has 0 saturated heterocycles. The highest BCUT2D eigenvalue weighted by atomic mass is 35.5. The lowest BCUT2D eigenvalue weighted by atomic mass is 10.2. The number of aliphatic hydroxyl groups is 2. The van der Waals surface area contributed by atoms with Gasteiger partial charge < -0.3 is 83.1 Å². The minimum Gasteiger partial charge on any atom is -0.486 e. The molecule has 3 aromatic carbocycles. The molecule has 28 heteroatoms. The number of halogens is 2. The summed E-state index contributed by atoms with van der Waals surface area (Å²) in [5.74, 6) is -1.02. The number of likely N-dealkylation sites (N-methyl/N-ethyl adjacent to an activating group) is 3. The normalized spacial score (nSPS) is 11.1. The second kappa shape index (κ2) is 44.5. The van der Waals surface area contributed by atoms with Gasteiger partial charge in [-0.05, 0) is 62.1 Å². The molecule has 26 nitrogen and oxygen atoms in total.